The minimum atomic E-state index is -4.54. The molecular formula is C45H93N2O6P. The average Bonchev–Trinajstić information content (AvgIpc) is 3.12. The number of nitrogens with zero attached hydrogens (tertiary/aromatic N) is 1. The van der Waals surface area contributed by atoms with Gasteiger partial charge in [-0.2, -0.15) is 0 Å². The predicted molar refractivity (Wildman–Crippen MR) is 229 cm³/mol. The van der Waals surface area contributed by atoms with E-state index in [1.54, 1.807) is 0 Å². The summed E-state index contributed by atoms with van der Waals surface area (Å²) in [5.41, 5.74) is 0. The summed E-state index contributed by atoms with van der Waals surface area (Å²) in [7, 11) is 1.31. The number of phosphoric acid groups is 1. The van der Waals surface area contributed by atoms with Gasteiger partial charge in [-0.3, -0.25) is 9.36 Å². The molecule has 8 nitrogen and oxygen atoms in total. The molecular weight excluding hydrogens is 695 g/mol. The molecule has 1 amide bonds. The zero-order valence-electron chi connectivity index (χ0n) is 36.7. The lowest BCUT2D eigenvalue weighted by Crippen LogP contribution is -2.46. The maximum absolute atomic E-state index is 12.6. The Bertz CT molecular complexity index is 855. The van der Waals surface area contributed by atoms with E-state index >= 15 is 0 Å². The highest BCUT2D eigenvalue weighted by Gasteiger charge is 2.24. The van der Waals surface area contributed by atoms with Gasteiger partial charge in [0.15, 0.2) is 0 Å². The Balaban J connectivity index is 3.91. The molecule has 0 spiro atoms. The molecule has 3 unspecified atom stereocenters. The van der Waals surface area contributed by atoms with Gasteiger partial charge >= 0.3 is 0 Å². The predicted octanol–water partition coefficient (Wildman–Crippen LogP) is 12.3. The monoisotopic (exact) mass is 789 g/mol. The number of aliphatic hydroxyl groups excluding tert-OH is 1. The molecule has 0 aliphatic rings. The van der Waals surface area contributed by atoms with Crippen LogP contribution in [0.2, 0.25) is 0 Å². The van der Waals surface area contributed by atoms with Crippen LogP contribution >= 0.6 is 7.82 Å². The molecule has 0 aliphatic carbocycles. The molecule has 54 heavy (non-hydrogen) atoms. The lowest BCUT2D eigenvalue weighted by atomic mass is 10.0. The minimum absolute atomic E-state index is 0.0151. The fraction of sp³-hybridized carbons (Fsp3) is 0.978. The number of carbonyl (C=O) groups excluding carboxylic acids is 1. The second-order valence-electron chi connectivity index (χ2n) is 17.5. The van der Waals surface area contributed by atoms with E-state index in [0.717, 1.165) is 51.4 Å². The highest BCUT2D eigenvalue weighted by atomic mass is 31.2. The number of aliphatic hydroxyl groups is 1. The number of likely N-dealkylation sites (N-methyl/N-ethyl adjacent to an activating group) is 1. The fourth-order valence-corrected chi connectivity index (χ4v) is 7.82. The zero-order chi connectivity index (χ0) is 40.0. The Kier molecular flexibility index (Phi) is 37.7. The Labute approximate surface area is 336 Å². The van der Waals surface area contributed by atoms with Gasteiger partial charge < -0.3 is 28.8 Å². The third kappa shape index (κ3) is 39.7. The second kappa shape index (κ2) is 38.0. The summed E-state index contributed by atoms with van der Waals surface area (Å²) in [6.07, 6.45) is 41.7. The molecule has 0 bridgehead atoms. The van der Waals surface area contributed by atoms with E-state index in [1.165, 1.54) is 154 Å². The molecule has 0 fully saturated rings. The quantitative estimate of drug-likeness (QED) is 0.0362. The summed E-state index contributed by atoms with van der Waals surface area (Å²) >= 11 is 0. The number of carbonyl (C=O) groups is 1. The number of rotatable bonds is 43. The van der Waals surface area contributed by atoms with Crippen molar-refractivity contribution in [3.8, 4) is 0 Å². The summed E-state index contributed by atoms with van der Waals surface area (Å²) in [5.74, 6) is -0.175. The number of hydrogen-bond donors (Lipinski definition) is 2. The van der Waals surface area contributed by atoms with Gasteiger partial charge in [-0.05, 0) is 12.8 Å². The molecule has 9 heteroatoms. The largest absolute Gasteiger partial charge is 0.756 e. The summed E-state index contributed by atoms with van der Waals surface area (Å²) in [6, 6.07) is -0.790. The molecule has 0 aliphatic heterocycles. The van der Waals surface area contributed by atoms with Crippen molar-refractivity contribution in [1.29, 1.82) is 0 Å². The standard InChI is InChI=1S/C45H93N2O6P/c1-6-8-10-12-13-14-15-16-17-18-19-20-21-22-23-24-25-26-27-28-29-30-31-32-33-35-36-38-44(48)43(46-45(49)39-37-34-11-9-7-2)42-53-54(50,51)52-41-40-47(3,4)5/h43-44,48H,6-42H2,1-5H3,(H-,46,49,50,51). The van der Waals surface area contributed by atoms with Crippen LogP contribution in [0.1, 0.15) is 232 Å². The highest BCUT2D eigenvalue weighted by Crippen LogP contribution is 2.38. The average molecular weight is 789 g/mol. The Morgan fingerprint density at radius 1 is 0.574 bits per heavy atom. The first-order valence-corrected chi connectivity index (χ1v) is 24.8. The number of amides is 1. The molecule has 0 saturated carbocycles. The van der Waals surface area contributed by atoms with Crippen molar-refractivity contribution < 1.29 is 32.9 Å². The van der Waals surface area contributed by atoms with E-state index in [0.29, 0.717) is 23.9 Å². The van der Waals surface area contributed by atoms with E-state index in [2.05, 4.69) is 19.2 Å². The SMILES string of the molecule is CCCCCCCCCCCCCCCCCCCCCCCCCCCCCC(O)C(COP(=O)([O-])OCC[N+](C)(C)C)NC(=O)CCCCCCC. The van der Waals surface area contributed by atoms with Crippen molar-refractivity contribution in [3.63, 3.8) is 0 Å². The lowest BCUT2D eigenvalue weighted by molar-refractivity contribution is -0.870. The van der Waals surface area contributed by atoms with Crippen LogP contribution < -0.4 is 10.2 Å². The molecule has 0 radical (unpaired) electrons. The smallest absolute Gasteiger partial charge is 0.268 e. The summed E-state index contributed by atoms with van der Waals surface area (Å²) < 4.78 is 23.1. The first-order chi connectivity index (χ1) is 26.0. The van der Waals surface area contributed by atoms with E-state index in [4.69, 9.17) is 9.05 Å². The van der Waals surface area contributed by atoms with Crippen molar-refractivity contribution in [3.05, 3.63) is 0 Å². The van der Waals surface area contributed by atoms with Crippen molar-refractivity contribution in [2.24, 2.45) is 0 Å². The van der Waals surface area contributed by atoms with Gasteiger partial charge in [-0.25, -0.2) is 0 Å². The molecule has 0 aromatic heterocycles. The number of quaternary nitrogens is 1. The van der Waals surface area contributed by atoms with Crippen molar-refractivity contribution in [2.45, 2.75) is 244 Å². The van der Waals surface area contributed by atoms with Gasteiger partial charge in [0.2, 0.25) is 5.91 Å². The number of nitrogens with one attached hydrogen (secondary N) is 1. The Hall–Kier alpha value is -0.500. The van der Waals surface area contributed by atoms with Crippen molar-refractivity contribution in [1.82, 2.24) is 5.32 Å². The van der Waals surface area contributed by atoms with Crippen molar-refractivity contribution in [2.75, 3.05) is 40.9 Å². The second-order valence-corrected chi connectivity index (χ2v) is 18.9. The lowest BCUT2D eigenvalue weighted by Gasteiger charge is -2.30. The number of unbranched alkanes of at least 4 members (excludes halogenated alkanes) is 30. The normalized spacial score (nSPS) is 14.3. The van der Waals surface area contributed by atoms with Gasteiger partial charge in [-0.1, -0.05) is 213 Å². The molecule has 324 valence electrons. The molecule has 0 aromatic carbocycles. The van der Waals surface area contributed by atoms with Crippen LogP contribution in [0, 0.1) is 0 Å². The first kappa shape index (κ1) is 53.5. The maximum Gasteiger partial charge on any atom is 0.268 e. The van der Waals surface area contributed by atoms with Crippen molar-refractivity contribution >= 4 is 13.7 Å². The van der Waals surface area contributed by atoms with Crippen LogP contribution in [-0.4, -0.2) is 68.5 Å². The van der Waals surface area contributed by atoms with E-state index < -0.39 is 20.0 Å². The van der Waals surface area contributed by atoms with Crippen LogP contribution in [0.5, 0.6) is 0 Å². The van der Waals surface area contributed by atoms with Crippen LogP contribution in [0.15, 0.2) is 0 Å². The molecule has 0 heterocycles. The van der Waals surface area contributed by atoms with Crippen LogP contribution in [-0.2, 0) is 18.4 Å². The van der Waals surface area contributed by atoms with Gasteiger partial charge in [0, 0.05) is 6.42 Å². The van der Waals surface area contributed by atoms with Gasteiger partial charge in [-0.15, -0.1) is 0 Å². The van der Waals surface area contributed by atoms with Gasteiger partial charge in [0.25, 0.3) is 7.82 Å². The molecule has 0 aromatic rings. The fourth-order valence-electron chi connectivity index (χ4n) is 7.10. The number of hydrogen-bond acceptors (Lipinski definition) is 6. The maximum atomic E-state index is 12.6. The van der Waals surface area contributed by atoms with Crippen LogP contribution in [0.3, 0.4) is 0 Å². The van der Waals surface area contributed by atoms with E-state index in [1.807, 2.05) is 21.1 Å². The van der Waals surface area contributed by atoms with Crippen LogP contribution in [0.4, 0.5) is 0 Å². The minimum Gasteiger partial charge on any atom is -0.756 e. The summed E-state index contributed by atoms with van der Waals surface area (Å²) in [5, 5.41) is 13.8. The van der Waals surface area contributed by atoms with Gasteiger partial charge in [0.05, 0.1) is 39.9 Å². The molecule has 2 N–H and O–H groups in total. The number of phosphoric ester groups is 1. The first-order valence-electron chi connectivity index (χ1n) is 23.4. The topological polar surface area (TPSA) is 108 Å². The third-order valence-corrected chi connectivity index (χ3v) is 11.8. The molecule has 3 atom stereocenters. The Morgan fingerprint density at radius 3 is 1.26 bits per heavy atom. The molecule has 0 rings (SSSR count). The molecule has 0 saturated heterocycles. The van der Waals surface area contributed by atoms with Gasteiger partial charge in [0.1, 0.15) is 13.2 Å². The zero-order valence-corrected chi connectivity index (χ0v) is 37.6. The highest BCUT2D eigenvalue weighted by molar-refractivity contribution is 7.45. The van der Waals surface area contributed by atoms with E-state index in [9.17, 15) is 19.4 Å². The van der Waals surface area contributed by atoms with Crippen LogP contribution in [0.25, 0.3) is 0 Å². The van der Waals surface area contributed by atoms with E-state index in [-0.39, 0.29) is 19.1 Å². The third-order valence-electron chi connectivity index (χ3n) is 10.8. The summed E-state index contributed by atoms with van der Waals surface area (Å²) in [4.78, 5) is 25.0. The Morgan fingerprint density at radius 2 is 0.907 bits per heavy atom. The summed E-state index contributed by atoms with van der Waals surface area (Å²) in [6.45, 7) is 4.65.